The second-order valence-corrected chi connectivity index (χ2v) is 4.79. The van der Waals surface area contributed by atoms with E-state index in [0.29, 0.717) is 5.25 Å². The van der Waals surface area contributed by atoms with Crippen LogP contribution in [0.15, 0.2) is 34.8 Å². The maximum atomic E-state index is 11.1. The van der Waals surface area contributed by atoms with Crippen molar-refractivity contribution in [3.63, 3.8) is 0 Å². The van der Waals surface area contributed by atoms with Gasteiger partial charge in [0.05, 0.1) is 6.61 Å². The number of hydrogen-bond donors (Lipinski definition) is 1. The minimum absolute atomic E-state index is 0.106. The van der Waals surface area contributed by atoms with Crippen LogP contribution in [0.25, 0.3) is 0 Å². The molecular formula is C11H12O2S. The normalized spacial score (nSPS) is 29.6. The lowest BCUT2D eigenvalue weighted by molar-refractivity contribution is -0.113. The van der Waals surface area contributed by atoms with E-state index in [1.54, 1.807) is 18.7 Å². The van der Waals surface area contributed by atoms with Crippen molar-refractivity contribution in [3.05, 3.63) is 34.8 Å². The third kappa shape index (κ3) is 1.70. The summed E-state index contributed by atoms with van der Waals surface area (Å²) in [6.07, 6.45) is 7.96. The van der Waals surface area contributed by atoms with Crippen LogP contribution >= 0.6 is 11.8 Å². The van der Waals surface area contributed by atoms with Gasteiger partial charge in [-0.2, -0.15) is 0 Å². The summed E-state index contributed by atoms with van der Waals surface area (Å²) in [5.74, 6) is 0.390. The van der Waals surface area contributed by atoms with E-state index in [0.717, 1.165) is 10.5 Å². The lowest BCUT2D eigenvalue weighted by Crippen LogP contribution is -2.12. The third-order valence-corrected chi connectivity index (χ3v) is 3.76. The second-order valence-electron chi connectivity index (χ2n) is 3.49. The molecule has 74 valence electrons. The summed E-state index contributed by atoms with van der Waals surface area (Å²) in [5, 5.41) is 9.36. The average Bonchev–Trinajstić information content (AvgIpc) is 2.58. The van der Waals surface area contributed by atoms with Crippen molar-refractivity contribution in [2.75, 3.05) is 6.61 Å². The van der Waals surface area contributed by atoms with E-state index in [9.17, 15) is 4.79 Å². The van der Waals surface area contributed by atoms with Crippen LogP contribution in [0, 0.1) is 5.92 Å². The van der Waals surface area contributed by atoms with Crippen LogP contribution in [-0.4, -0.2) is 22.7 Å². The fourth-order valence-electron chi connectivity index (χ4n) is 1.70. The van der Waals surface area contributed by atoms with Crippen LogP contribution in [0.2, 0.25) is 0 Å². The van der Waals surface area contributed by atoms with Gasteiger partial charge in [0.2, 0.25) is 0 Å². The van der Waals surface area contributed by atoms with Crippen molar-refractivity contribution in [3.8, 4) is 0 Å². The highest BCUT2D eigenvalue weighted by Crippen LogP contribution is 2.40. The molecule has 0 aromatic rings. The minimum Gasteiger partial charge on any atom is -0.391 e. The van der Waals surface area contributed by atoms with Gasteiger partial charge in [0.1, 0.15) is 0 Å². The molecule has 1 aliphatic heterocycles. The average molecular weight is 208 g/mol. The number of ketones is 1. The van der Waals surface area contributed by atoms with Gasteiger partial charge in [-0.05, 0) is 6.92 Å². The molecule has 0 saturated heterocycles. The Morgan fingerprint density at radius 1 is 1.57 bits per heavy atom. The number of aliphatic hydroxyl groups is 1. The molecule has 2 aliphatic rings. The Balaban J connectivity index is 2.21. The summed E-state index contributed by atoms with van der Waals surface area (Å²) in [5.41, 5.74) is 0.780. The van der Waals surface area contributed by atoms with Gasteiger partial charge in [0.15, 0.2) is 5.78 Å². The molecular weight excluding hydrogens is 196 g/mol. The molecule has 2 rings (SSSR count). The van der Waals surface area contributed by atoms with Gasteiger partial charge < -0.3 is 5.11 Å². The zero-order valence-electron chi connectivity index (χ0n) is 7.93. The number of hydrogen-bond acceptors (Lipinski definition) is 3. The molecule has 3 heteroatoms. The van der Waals surface area contributed by atoms with Crippen LogP contribution < -0.4 is 0 Å². The highest BCUT2D eigenvalue weighted by molar-refractivity contribution is 8.04. The van der Waals surface area contributed by atoms with E-state index in [-0.39, 0.29) is 18.3 Å². The van der Waals surface area contributed by atoms with Gasteiger partial charge >= 0.3 is 0 Å². The van der Waals surface area contributed by atoms with Crippen molar-refractivity contribution in [2.24, 2.45) is 5.92 Å². The van der Waals surface area contributed by atoms with Crippen LogP contribution in [0.5, 0.6) is 0 Å². The van der Waals surface area contributed by atoms with E-state index in [1.165, 1.54) is 0 Å². The highest BCUT2D eigenvalue weighted by Gasteiger charge is 2.27. The SMILES string of the molecule is CC(=O)C1=CC2C=C(CO)SC2C=C1. The number of carbonyl (C=O) groups excluding carboxylic acids is 1. The predicted molar refractivity (Wildman–Crippen MR) is 57.9 cm³/mol. The summed E-state index contributed by atoms with van der Waals surface area (Å²) in [6.45, 7) is 1.68. The van der Waals surface area contributed by atoms with E-state index < -0.39 is 0 Å². The van der Waals surface area contributed by atoms with Crippen molar-refractivity contribution in [1.29, 1.82) is 0 Å². The molecule has 0 radical (unpaired) electrons. The Morgan fingerprint density at radius 2 is 2.36 bits per heavy atom. The number of thioether (sulfide) groups is 1. The van der Waals surface area contributed by atoms with Gasteiger partial charge in [-0.3, -0.25) is 4.79 Å². The Morgan fingerprint density at radius 3 is 3.00 bits per heavy atom. The highest BCUT2D eigenvalue weighted by atomic mass is 32.2. The maximum absolute atomic E-state index is 11.1. The summed E-state index contributed by atoms with van der Waals surface area (Å²) in [7, 11) is 0. The number of carbonyl (C=O) groups is 1. The summed E-state index contributed by atoms with van der Waals surface area (Å²) in [6, 6.07) is 0. The first-order valence-corrected chi connectivity index (χ1v) is 5.48. The Labute approximate surface area is 87.4 Å². The fraction of sp³-hybridized carbons (Fsp3) is 0.364. The monoisotopic (exact) mass is 208 g/mol. The van der Waals surface area contributed by atoms with Crippen LogP contribution in [0.4, 0.5) is 0 Å². The number of allylic oxidation sites excluding steroid dienone is 4. The van der Waals surface area contributed by atoms with Gasteiger partial charge in [0.25, 0.3) is 0 Å². The predicted octanol–water partition coefficient (Wildman–Crippen LogP) is 1.68. The molecule has 2 nitrogen and oxygen atoms in total. The minimum atomic E-state index is 0.106. The smallest absolute Gasteiger partial charge is 0.159 e. The second kappa shape index (κ2) is 3.75. The number of rotatable bonds is 2. The van der Waals surface area contributed by atoms with Crippen molar-refractivity contribution in [1.82, 2.24) is 0 Å². The standard InChI is InChI=1S/C11H12O2S/c1-7(13)8-2-3-11-9(4-8)5-10(6-12)14-11/h2-5,9,11-12H,6H2,1H3. The number of Topliss-reactive ketones (excluding diaryl/α,β-unsaturated/α-hetero) is 1. The summed E-state index contributed by atoms with van der Waals surface area (Å²) >= 11 is 1.68. The Kier molecular flexibility index (Phi) is 2.61. The molecule has 1 heterocycles. The van der Waals surface area contributed by atoms with Crippen molar-refractivity contribution >= 4 is 17.5 Å². The van der Waals surface area contributed by atoms with E-state index in [1.807, 2.05) is 24.3 Å². The zero-order valence-corrected chi connectivity index (χ0v) is 8.75. The molecule has 0 aromatic heterocycles. The molecule has 0 bridgehead atoms. The molecule has 0 spiro atoms. The van der Waals surface area contributed by atoms with Gasteiger partial charge in [-0.15, -0.1) is 11.8 Å². The van der Waals surface area contributed by atoms with E-state index in [2.05, 4.69) is 0 Å². The molecule has 0 saturated carbocycles. The molecule has 0 amide bonds. The Bertz CT molecular complexity index is 352. The largest absolute Gasteiger partial charge is 0.391 e. The number of aliphatic hydroxyl groups excluding tert-OH is 1. The molecule has 14 heavy (non-hydrogen) atoms. The third-order valence-electron chi connectivity index (χ3n) is 2.44. The molecule has 0 fully saturated rings. The van der Waals surface area contributed by atoms with Crippen molar-refractivity contribution < 1.29 is 9.90 Å². The lowest BCUT2D eigenvalue weighted by atomic mass is 9.94. The lowest BCUT2D eigenvalue weighted by Gasteiger charge is -2.16. The molecule has 2 atom stereocenters. The quantitative estimate of drug-likeness (QED) is 0.750. The van der Waals surface area contributed by atoms with Crippen LogP contribution in [0.1, 0.15) is 6.92 Å². The first kappa shape index (κ1) is 9.74. The topological polar surface area (TPSA) is 37.3 Å². The number of fused-ring (bicyclic) bond motifs is 1. The molecule has 2 unspecified atom stereocenters. The summed E-state index contributed by atoms with van der Waals surface area (Å²) < 4.78 is 0. The molecule has 1 N–H and O–H groups in total. The van der Waals surface area contributed by atoms with Gasteiger partial charge in [-0.25, -0.2) is 0 Å². The van der Waals surface area contributed by atoms with E-state index in [4.69, 9.17) is 5.11 Å². The summed E-state index contributed by atoms with van der Waals surface area (Å²) in [4.78, 5) is 12.1. The molecule has 1 aliphatic carbocycles. The van der Waals surface area contributed by atoms with Gasteiger partial charge in [0, 0.05) is 21.6 Å². The fourth-order valence-corrected chi connectivity index (χ4v) is 2.83. The first-order valence-electron chi connectivity index (χ1n) is 4.60. The zero-order chi connectivity index (χ0) is 10.1. The van der Waals surface area contributed by atoms with Crippen LogP contribution in [0.3, 0.4) is 0 Å². The molecule has 0 aromatic carbocycles. The Hall–Kier alpha value is -0.800. The van der Waals surface area contributed by atoms with Gasteiger partial charge in [-0.1, -0.05) is 24.3 Å². The maximum Gasteiger partial charge on any atom is 0.159 e. The van der Waals surface area contributed by atoms with E-state index >= 15 is 0 Å². The first-order chi connectivity index (χ1) is 6.70. The van der Waals surface area contributed by atoms with Crippen molar-refractivity contribution in [2.45, 2.75) is 12.2 Å². The van der Waals surface area contributed by atoms with Crippen LogP contribution in [-0.2, 0) is 4.79 Å².